The molecule has 3 rings (SSSR count). The highest BCUT2D eigenvalue weighted by molar-refractivity contribution is 7.14. The summed E-state index contributed by atoms with van der Waals surface area (Å²) >= 11 is 1.35. The molecule has 3 aromatic rings. The van der Waals surface area contributed by atoms with E-state index in [-0.39, 0.29) is 5.91 Å². The summed E-state index contributed by atoms with van der Waals surface area (Å²) in [4.78, 5) is 16.5. The first kappa shape index (κ1) is 16.0. The van der Waals surface area contributed by atoms with Gasteiger partial charge in [0.25, 0.3) is 5.91 Å². The SMILES string of the molecule is COc1ccc(-c2csc(NC(=O)c3ccn(C)n3)n2)cc1OC. The van der Waals surface area contributed by atoms with Crippen LogP contribution < -0.4 is 14.8 Å². The molecule has 0 bridgehead atoms. The van der Waals surface area contributed by atoms with Crippen molar-refractivity contribution >= 4 is 22.4 Å². The van der Waals surface area contributed by atoms with Crippen LogP contribution >= 0.6 is 11.3 Å². The zero-order valence-corrected chi connectivity index (χ0v) is 14.3. The second kappa shape index (κ2) is 6.71. The minimum absolute atomic E-state index is 0.288. The zero-order chi connectivity index (χ0) is 17.1. The van der Waals surface area contributed by atoms with Gasteiger partial charge in [-0.3, -0.25) is 14.8 Å². The van der Waals surface area contributed by atoms with Crippen LogP contribution in [0.3, 0.4) is 0 Å². The van der Waals surface area contributed by atoms with E-state index >= 15 is 0 Å². The van der Waals surface area contributed by atoms with Gasteiger partial charge in [0.15, 0.2) is 22.3 Å². The van der Waals surface area contributed by atoms with Crippen molar-refractivity contribution in [3.05, 3.63) is 41.5 Å². The second-order valence-corrected chi connectivity index (χ2v) is 5.79. The predicted octanol–water partition coefficient (Wildman–Crippen LogP) is 2.81. The van der Waals surface area contributed by atoms with Crippen molar-refractivity contribution in [2.75, 3.05) is 19.5 Å². The third-order valence-electron chi connectivity index (χ3n) is 3.35. The van der Waals surface area contributed by atoms with Crippen LogP contribution in [0.1, 0.15) is 10.5 Å². The molecule has 2 aromatic heterocycles. The number of ether oxygens (including phenoxy) is 2. The largest absolute Gasteiger partial charge is 0.493 e. The normalized spacial score (nSPS) is 10.5. The van der Waals surface area contributed by atoms with Gasteiger partial charge < -0.3 is 9.47 Å². The Labute approximate surface area is 142 Å². The van der Waals surface area contributed by atoms with E-state index in [1.165, 1.54) is 11.3 Å². The number of carbonyl (C=O) groups excluding carboxylic acids is 1. The monoisotopic (exact) mass is 344 g/mol. The molecule has 0 aliphatic carbocycles. The maximum Gasteiger partial charge on any atom is 0.277 e. The Hall–Kier alpha value is -2.87. The quantitative estimate of drug-likeness (QED) is 0.770. The third kappa shape index (κ3) is 3.23. The highest BCUT2D eigenvalue weighted by Crippen LogP contribution is 2.33. The molecule has 1 N–H and O–H groups in total. The van der Waals surface area contributed by atoms with E-state index in [1.807, 2.05) is 23.6 Å². The van der Waals surface area contributed by atoms with Crippen molar-refractivity contribution in [1.82, 2.24) is 14.8 Å². The molecule has 0 aliphatic rings. The Morgan fingerprint density at radius 3 is 2.67 bits per heavy atom. The van der Waals surface area contributed by atoms with Gasteiger partial charge in [0.05, 0.1) is 19.9 Å². The number of nitrogens with zero attached hydrogens (tertiary/aromatic N) is 3. The number of carbonyl (C=O) groups is 1. The van der Waals surface area contributed by atoms with Crippen molar-refractivity contribution in [2.24, 2.45) is 7.05 Å². The summed E-state index contributed by atoms with van der Waals surface area (Å²) in [5.74, 6) is 0.992. The lowest BCUT2D eigenvalue weighted by Crippen LogP contribution is -2.12. The Morgan fingerprint density at radius 1 is 1.21 bits per heavy atom. The zero-order valence-electron chi connectivity index (χ0n) is 13.4. The smallest absolute Gasteiger partial charge is 0.277 e. The number of hydrogen-bond donors (Lipinski definition) is 1. The molecule has 2 heterocycles. The Morgan fingerprint density at radius 2 is 2.00 bits per heavy atom. The fourth-order valence-electron chi connectivity index (χ4n) is 2.16. The number of aryl methyl sites for hydroxylation is 1. The lowest BCUT2D eigenvalue weighted by atomic mass is 10.1. The molecule has 0 fully saturated rings. The van der Waals surface area contributed by atoms with E-state index in [0.29, 0.717) is 22.3 Å². The molecule has 124 valence electrons. The van der Waals surface area contributed by atoms with Crippen LogP contribution in [-0.4, -0.2) is 34.9 Å². The topological polar surface area (TPSA) is 78.3 Å². The molecule has 0 aliphatic heterocycles. The van der Waals surface area contributed by atoms with Gasteiger partial charge in [-0.25, -0.2) is 4.98 Å². The lowest BCUT2D eigenvalue weighted by Gasteiger charge is -2.08. The first-order chi connectivity index (χ1) is 11.6. The first-order valence-electron chi connectivity index (χ1n) is 7.09. The highest BCUT2D eigenvalue weighted by atomic mass is 32.1. The average Bonchev–Trinajstić information content (AvgIpc) is 3.23. The minimum Gasteiger partial charge on any atom is -0.493 e. The number of anilines is 1. The lowest BCUT2D eigenvalue weighted by molar-refractivity contribution is 0.102. The van der Waals surface area contributed by atoms with Gasteiger partial charge in [0.1, 0.15) is 0 Å². The number of hydrogen-bond acceptors (Lipinski definition) is 6. The Kier molecular flexibility index (Phi) is 4.48. The van der Waals surface area contributed by atoms with Crippen LogP contribution in [0.4, 0.5) is 5.13 Å². The van der Waals surface area contributed by atoms with Crippen LogP contribution in [0.15, 0.2) is 35.8 Å². The van der Waals surface area contributed by atoms with Crippen molar-refractivity contribution < 1.29 is 14.3 Å². The van der Waals surface area contributed by atoms with Gasteiger partial charge in [-0.2, -0.15) is 5.10 Å². The van der Waals surface area contributed by atoms with E-state index in [4.69, 9.17) is 9.47 Å². The number of rotatable bonds is 5. The van der Waals surface area contributed by atoms with Crippen LogP contribution in [0.25, 0.3) is 11.3 Å². The molecule has 0 unspecified atom stereocenters. The summed E-state index contributed by atoms with van der Waals surface area (Å²) in [7, 11) is 4.93. The molecule has 0 radical (unpaired) electrons. The summed E-state index contributed by atoms with van der Waals surface area (Å²) in [5.41, 5.74) is 1.97. The summed E-state index contributed by atoms with van der Waals surface area (Å²) in [5, 5.41) is 9.19. The summed E-state index contributed by atoms with van der Waals surface area (Å²) in [6.45, 7) is 0. The first-order valence-corrected chi connectivity index (χ1v) is 7.97. The van der Waals surface area contributed by atoms with Gasteiger partial charge in [-0.05, 0) is 24.3 Å². The van der Waals surface area contributed by atoms with E-state index in [0.717, 1.165) is 11.3 Å². The van der Waals surface area contributed by atoms with Crippen molar-refractivity contribution in [1.29, 1.82) is 0 Å². The number of nitrogens with one attached hydrogen (secondary N) is 1. The predicted molar refractivity (Wildman–Crippen MR) is 91.8 cm³/mol. The van der Waals surface area contributed by atoms with Gasteiger partial charge in [0, 0.05) is 24.2 Å². The van der Waals surface area contributed by atoms with Crippen LogP contribution in [-0.2, 0) is 7.05 Å². The van der Waals surface area contributed by atoms with Crippen LogP contribution in [0.5, 0.6) is 11.5 Å². The summed E-state index contributed by atoms with van der Waals surface area (Å²) in [6.07, 6.45) is 1.71. The van der Waals surface area contributed by atoms with Gasteiger partial charge in [-0.15, -0.1) is 11.3 Å². The molecule has 0 saturated heterocycles. The van der Waals surface area contributed by atoms with Gasteiger partial charge >= 0.3 is 0 Å². The number of aromatic nitrogens is 3. The molecule has 1 amide bonds. The van der Waals surface area contributed by atoms with Crippen molar-refractivity contribution in [3.8, 4) is 22.8 Å². The standard InChI is InChI=1S/C16H16N4O3S/c1-20-7-6-11(19-20)15(21)18-16-17-12(9-24-16)10-4-5-13(22-2)14(8-10)23-3/h4-9H,1-3H3,(H,17,18,21). The number of methoxy groups -OCH3 is 2. The maximum absolute atomic E-state index is 12.1. The molecule has 24 heavy (non-hydrogen) atoms. The van der Waals surface area contributed by atoms with Crippen LogP contribution in [0.2, 0.25) is 0 Å². The molecular formula is C16H16N4O3S. The molecular weight excluding hydrogens is 328 g/mol. The number of thiazole rings is 1. The molecule has 0 atom stereocenters. The van der Waals surface area contributed by atoms with E-state index < -0.39 is 0 Å². The molecule has 7 nitrogen and oxygen atoms in total. The summed E-state index contributed by atoms with van der Waals surface area (Å²) < 4.78 is 12.1. The van der Waals surface area contributed by atoms with Crippen LogP contribution in [0, 0.1) is 0 Å². The van der Waals surface area contributed by atoms with Crippen molar-refractivity contribution in [3.63, 3.8) is 0 Å². The van der Waals surface area contributed by atoms with Gasteiger partial charge in [0.2, 0.25) is 0 Å². The second-order valence-electron chi connectivity index (χ2n) is 4.94. The average molecular weight is 344 g/mol. The number of amides is 1. The number of benzene rings is 1. The third-order valence-corrected chi connectivity index (χ3v) is 4.11. The van der Waals surface area contributed by atoms with Gasteiger partial charge in [-0.1, -0.05) is 0 Å². The minimum atomic E-state index is -0.288. The van der Waals surface area contributed by atoms with Crippen molar-refractivity contribution in [2.45, 2.75) is 0 Å². The van der Waals surface area contributed by atoms with E-state index in [9.17, 15) is 4.79 Å². The van der Waals surface area contributed by atoms with E-state index in [2.05, 4.69) is 15.4 Å². The van der Waals surface area contributed by atoms with E-state index in [1.54, 1.807) is 38.2 Å². The Bertz CT molecular complexity index is 872. The highest BCUT2D eigenvalue weighted by Gasteiger charge is 2.13. The Balaban J connectivity index is 1.79. The summed E-state index contributed by atoms with van der Waals surface area (Å²) in [6, 6.07) is 7.21. The molecule has 0 spiro atoms. The molecule has 1 aromatic carbocycles. The fourth-order valence-corrected chi connectivity index (χ4v) is 2.87. The molecule has 8 heteroatoms. The molecule has 0 saturated carbocycles. The fraction of sp³-hybridized carbons (Fsp3) is 0.188. The maximum atomic E-state index is 12.1.